The molecule has 0 spiro atoms. The van der Waals surface area contributed by atoms with Crippen molar-refractivity contribution in [2.75, 3.05) is 30.2 Å². The van der Waals surface area contributed by atoms with Crippen LogP contribution in [0.2, 0.25) is 0 Å². The fraction of sp³-hybridized carbons (Fsp3) is 0.360. The molecule has 0 fully saturated rings. The highest BCUT2D eigenvalue weighted by Crippen LogP contribution is 2.39. The van der Waals surface area contributed by atoms with Gasteiger partial charge in [0.1, 0.15) is 11.6 Å². The molecule has 3 aromatic rings. The molecule has 0 saturated heterocycles. The maximum Gasteiger partial charge on any atom is 0.414 e. The van der Waals surface area contributed by atoms with Crippen LogP contribution >= 0.6 is 0 Å². The number of carbonyl (C=O) groups is 1. The van der Waals surface area contributed by atoms with Gasteiger partial charge in [-0.15, -0.1) is 0 Å². The lowest BCUT2D eigenvalue weighted by Gasteiger charge is -2.41. The molecule has 9 heteroatoms. The van der Waals surface area contributed by atoms with Gasteiger partial charge in [0.25, 0.3) is 0 Å². The first-order valence-electron chi connectivity index (χ1n) is 11.0. The lowest BCUT2D eigenvalue weighted by atomic mass is 10.0. The molecular formula is C25H29FN4O4. The fourth-order valence-corrected chi connectivity index (χ4v) is 4.07. The van der Waals surface area contributed by atoms with E-state index in [-0.39, 0.29) is 18.6 Å². The van der Waals surface area contributed by atoms with Crippen LogP contribution in [-0.2, 0) is 11.3 Å². The van der Waals surface area contributed by atoms with Crippen molar-refractivity contribution >= 4 is 17.5 Å². The van der Waals surface area contributed by atoms with E-state index in [1.807, 2.05) is 36.2 Å². The molecule has 1 atom stereocenters. The summed E-state index contributed by atoms with van der Waals surface area (Å²) in [6.45, 7) is 6.51. The van der Waals surface area contributed by atoms with Gasteiger partial charge in [-0.05, 0) is 62.7 Å². The Morgan fingerprint density at radius 1 is 1.18 bits per heavy atom. The van der Waals surface area contributed by atoms with Crippen LogP contribution in [0.25, 0.3) is 11.1 Å². The number of hydrogen-bond acceptors (Lipinski definition) is 6. The zero-order valence-electron chi connectivity index (χ0n) is 19.7. The quantitative estimate of drug-likeness (QED) is 0.582. The summed E-state index contributed by atoms with van der Waals surface area (Å²) in [6.07, 6.45) is 3.19. The van der Waals surface area contributed by atoms with E-state index in [2.05, 4.69) is 5.10 Å². The summed E-state index contributed by atoms with van der Waals surface area (Å²) in [5.41, 5.74) is 2.42. The minimum Gasteiger partial charge on any atom is -0.473 e. The summed E-state index contributed by atoms with van der Waals surface area (Å²) < 4.78 is 25.9. The van der Waals surface area contributed by atoms with Gasteiger partial charge in [0.2, 0.25) is 0 Å². The number of aliphatic hydroxyl groups is 1. The summed E-state index contributed by atoms with van der Waals surface area (Å²) in [5, 5.41) is 14.5. The number of aromatic nitrogens is 2. The van der Waals surface area contributed by atoms with Crippen molar-refractivity contribution in [1.29, 1.82) is 0 Å². The van der Waals surface area contributed by atoms with Crippen LogP contribution in [-0.4, -0.2) is 53.0 Å². The van der Waals surface area contributed by atoms with Gasteiger partial charge in [-0.3, -0.25) is 9.58 Å². The molecule has 1 aliphatic heterocycles. The Hall–Kier alpha value is -3.59. The zero-order chi connectivity index (χ0) is 24.5. The molecule has 2 aromatic carbocycles. The number of benzene rings is 2. The number of anilines is 2. The number of nitrogens with zero attached hydrogens (tertiary/aromatic N) is 4. The lowest BCUT2D eigenvalue weighted by molar-refractivity contribution is 0.0577. The van der Waals surface area contributed by atoms with Crippen LogP contribution < -0.4 is 14.5 Å². The maximum absolute atomic E-state index is 13.2. The first-order chi connectivity index (χ1) is 16.1. The number of amides is 1. The van der Waals surface area contributed by atoms with Crippen LogP contribution in [0, 0.1) is 5.82 Å². The van der Waals surface area contributed by atoms with Gasteiger partial charge in [-0.25, -0.2) is 9.18 Å². The molecule has 8 nitrogen and oxygen atoms in total. The highest BCUT2D eigenvalue weighted by atomic mass is 19.1. The third kappa shape index (κ3) is 5.14. The van der Waals surface area contributed by atoms with E-state index in [1.165, 1.54) is 19.2 Å². The van der Waals surface area contributed by atoms with Gasteiger partial charge < -0.3 is 19.5 Å². The van der Waals surface area contributed by atoms with Gasteiger partial charge in [-0.2, -0.15) is 5.10 Å². The van der Waals surface area contributed by atoms with E-state index < -0.39 is 11.7 Å². The largest absolute Gasteiger partial charge is 0.473 e. The van der Waals surface area contributed by atoms with E-state index in [1.54, 1.807) is 41.8 Å². The molecule has 0 aliphatic carbocycles. The summed E-state index contributed by atoms with van der Waals surface area (Å²) in [7, 11) is 1.37. The molecule has 1 aromatic heterocycles. The van der Waals surface area contributed by atoms with Gasteiger partial charge in [-0.1, -0.05) is 6.07 Å². The monoisotopic (exact) mass is 468 g/mol. The summed E-state index contributed by atoms with van der Waals surface area (Å²) >= 11 is 0. The molecule has 1 N–H and O–H groups in total. The molecule has 2 heterocycles. The Bertz CT molecular complexity index is 1160. The van der Waals surface area contributed by atoms with Crippen molar-refractivity contribution in [3.05, 3.63) is 60.7 Å². The average molecular weight is 469 g/mol. The number of hydrogen-bond donors (Lipinski definition) is 1. The number of rotatable bonds is 6. The van der Waals surface area contributed by atoms with E-state index >= 15 is 0 Å². The smallest absolute Gasteiger partial charge is 0.414 e. The van der Waals surface area contributed by atoms with E-state index in [4.69, 9.17) is 9.47 Å². The van der Waals surface area contributed by atoms with Gasteiger partial charge in [0.15, 0.2) is 6.73 Å². The van der Waals surface area contributed by atoms with Crippen LogP contribution in [0.5, 0.6) is 5.75 Å². The summed E-state index contributed by atoms with van der Waals surface area (Å²) in [4.78, 5) is 16.2. The SMILES string of the molecule is COC(=O)N1c2ccc(-c3cnn(CC(C)(C)O)c3)cc2N(COc2ccc(F)cc2)C[C@@H]1C. The van der Waals surface area contributed by atoms with Gasteiger partial charge in [0, 0.05) is 18.3 Å². The number of carbonyl (C=O) groups excluding carboxylic acids is 1. The molecule has 34 heavy (non-hydrogen) atoms. The number of fused-ring (bicyclic) bond motifs is 1. The van der Waals surface area contributed by atoms with Crippen molar-refractivity contribution in [2.24, 2.45) is 0 Å². The second kappa shape index (κ2) is 9.34. The summed E-state index contributed by atoms with van der Waals surface area (Å²) in [5.74, 6) is 0.225. The van der Waals surface area contributed by atoms with Crippen LogP contribution in [0.1, 0.15) is 20.8 Å². The summed E-state index contributed by atoms with van der Waals surface area (Å²) in [6, 6.07) is 11.5. The highest BCUT2D eigenvalue weighted by molar-refractivity contribution is 5.95. The molecule has 1 aliphatic rings. The topological polar surface area (TPSA) is 80.1 Å². The first-order valence-corrected chi connectivity index (χ1v) is 11.0. The van der Waals surface area contributed by atoms with E-state index in [0.717, 1.165) is 16.8 Å². The number of ether oxygens (including phenoxy) is 2. The number of methoxy groups -OCH3 is 1. The number of halogens is 1. The molecule has 0 radical (unpaired) electrons. The maximum atomic E-state index is 13.2. The Morgan fingerprint density at radius 2 is 1.91 bits per heavy atom. The van der Waals surface area contributed by atoms with Gasteiger partial charge >= 0.3 is 6.09 Å². The zero-order valence-corrected chi connectivity index (χ0v) is 19.7. The Balaban J connectivity index is 1.66. The average Bonchev–Trinajstić information content (AvgIpc) is 3.24. The molecule has 0 bridgehead atoms. The predicted molar refractivity (Wildman–Crippen MR) is 128 cm³/mol. The molecular weight excluding hydrogens is 439 g/mol. The third-order valence-electron chi connectivity index (χ3n) is 5.59. The first kappa shape index (κ1) is 23.6. The van der Waals surface area contributed by atoms with Crippen molar-refractivity contribution in [3.8, 4) is 16.9 Å². The lowest BCUT2D eigenvalue weighted by Crippen LogP contribution is -2.51. The molecule has 0 unspecified atom stereocenters. The normalized spacial score (nSPS) is 15.8. The van der Waals surface area contributed by atoms with Crippen LogP contribution in [0.3, 0.4) is 0 Å². The van der Waals surface area contributed by atoms with Crippen molar-refractivity contribution in [1.82, 2.24) is 9.78 Å². The molecule has 1 amide bonds. The second-order valence-corrected chi connectivity index (χ2v) is 9.08. The predicted octanol–water partition coefficient (Wildman–Crippen LogP) is 4.28. The van der Waals surface area contributed by atoms with Crippen LogP contribution in [0.15, 0.2) is 54.9 Å². The van der Waals surface area contributed by atoms with Gasteiger partial charge in [0.05, 0.1) is 42.9 Å². The van der Waals surface area contributed by atoms with E-state index in [0.29, 0.717) is 24.5 Å². The molecule has 180 valence electrons. The fourth-order valence-electron chi connectivity index (χ4n) is 4.07. The van der Waals surface area contributed by atoms with Crippen molar-refractivity contribution < 1.29 is 23.8 Å². The molecule has 4 rings (SSSR count). The Kier molecular flexibility index (Phi) is 6.47. The standard InChI is InChI=1S/C25H29FN4O4/c1-17-13-28(16-34-21-8-6-20(26)7-9-21)23-11-18(5-10-22(23)30(17)24(31)33-4)19-12-27-29(14-19)15-25(2,3)32/h5-12,14,17,32H,13,15-16H2,1-4H3/t17-/m0/s1. The third-order valence-corrected chi connectivity index (χ3v) is 5.59. The van der Waals surface area contributed by atoms with Crippen molar-refractivity contribution in [3.63, 3.8) is 0 Å². The van der Waals surface area contributed by atoms with Crippen molar-refractivity contribution in [2.45, 2.75) is 39.0 Å². The second-order valence-electron chi connectivity index (χ2n) is 9.08. The minimum atomic E-state index is -0.884. The molecule has 0 saturated carbocycles. The Labute approximate surface area is 198 Å². The van der Waals surface area contributed by atoms with Crippen LogP contribution in [0.4, 0.5) is 20.6 Å². The minimum absolute atomic E-state index is 0.155. The highest BCUT2D eigenvalue weighted by Gasteiger charge is 2.33. The Morgan fingerprint density at radius 3 is 2.59 bits per heavy atom. The van der Waals surface area contributed by atoms with E-state index in [9.17, 15) is 14.3 Å².